The lowest BCUT2D eigenvalue weighted by Gasteiger charge is -2.36. The summed E-state index contributed by atoms with van der Waals surface area (Å²) in [6, 6.07) is 2.40. The quantitative estimate of drug-likeness (QED) is 0.677. The number of nitrogens with two attached hydrogens (primary N) is 1. The number of benzene rings is 1. The van der Waals surface area contributed by atoms with Crippen LogP contribution >= 0.6 is 0 Å². The lowest BCUT2D eigenvalue weighted by Crippen LogP contribution is -2.46. The molecule has 0 aromatic heterocycles. The number of hydrogen-bond donors (Lipinski definition) is 1. The first-order valence-corrected chi connectivity index (χ1v) is 6.46. The van der Waals surface area contributed by atoms with E-state index >= 15 is 0 Å². The smallest absolute Gasteiger partial charge is 0.313 e. The van der Waals surface area contributed by atoms with Crippen LogP contribution in [-0.2, 0) is 0 Å². The molecule has 2 atom stereocenters. The summed E-state index contributed by atoms with van der Waals surface area (Å²) in [6.45, 7) is 3.26. The molecule has 110 valence electrons. The summed E-state index contributed by atoms with van der Waals surface area (Å²) in [5.74, 6) is -0.307. The predicted molar refractivity (Wildman–Crippen MR) is 73.6 cm³/mol. The number of methoxy groups -OCH3 is 1. The second kappa shape index (κ2) is 5.62. The number of nitrogens with zero attached hydrogens (tertiary/aromatic N) is 2. The highest BCUT2D eigenvalue weighted by Gasteiger charge is 2.27. The maximum atomic E-state index is 14.1. The van der Waals surface area contributed by atoms with Gasteiger partial charge < -0.3 is 15.4 Å². The van der Waals surface area contributed by atoms with Crippen molar-refractivity contribution in [2.24, 2.45) is 11.7 Å². The Morgan fingerprint density at radius 1 is 1.55 bits per heavy atom. The minimum atomic E-state index is -0.652. The lowest BCUT2D eigenvalue weighted by atomic mass is 9.94. The van der Waals surface area contributed by atoms with Gasteiger partial charge in [-0.05, 0) is 12.3 Å². The number of piperidine rings is 1. The van der Waals surface area contributed by atoms with Crippen LogP contribution in [0.25, 0.3) is 0 Å². The molecule has 0 amide bonds. The van der Waals surface area contributed by atoms with E-state index < -0.39 is 10.7 Å². The SMILES string of the molecule is COc1cc(N2CCC(N)C(C)C2)c(F)cc1[N+](=O)[O-]. The second-order valence-corrected chi connectivity index (χ2v) is 5.11. The molecule has 20 heavy (non-hydrogen) atoms. The average Bonchev–Trinajstić information content (AvgIpc) is 2.41. The molecule has 2 rings (SSSR count). The molecule has 1 aromatic rings. The maximum absolute atomic E-state index is 14.1. The van der Waals surface area contributed by atoms with Crippen LogP contribution in [0.3, 0.4) is 0 Å². The van der Waals surface area contributed by atoms with E-state index in [2.05, 4.69) is 0 Å². The second-order valence-electron chi connectivity index (χ2n) is 5.11. The first-order valence-electron chi connectivity index (χ1n) is 6.46. The Morgan fingerprint density at radius 2 is 2.25 bits per heavy atom. The van der Waals surface area contributed by atoms with E-state index in [-0.39, 0.29) is 23.4 Å². The number of rotatable bonds is 3. The van der Waals surface area contributed by atoms with Gasteiger partial charge in [-0.25, -0.2) is 4.39 Å². The first kappa shape index (κ1) is 14.5. The Morgan fingerprint density at radius 3 is 2.80 bits per heavy atom. The van der Waals surface area contributed by atoms with Crippen molar-refractivity contribution in [3.63, 3.8) is 0 Å². The van der Waals surface area contributed by atoms with E-state index in [4.69, 9.17) is 10.5 Å². The predicted octanol–water partition coefficient (Wildman–Crippen LogP) is 1.92. The van der Waals surface area contributed by atoms with Gasteiger partial charge in [-0.15, -0.1) is 0 Å². The fourth-order valence-electron chi connectivity index (χ4n) is 2.46. The average molecular weight is 283 g/mol. The van der Waals surface area contributed by atoms with Crippen molar-refractivity contribution in [2.75, 3.05) is 25.1 Å². The van der Waals surface area contributed by atoms with Gasteiger partial charge in [-0.2, -0.15) is 0 Å². The van der Waals surface area contributed by atoms with Crippen LogP contribution in [0.4, 0.5) is 15.8 Å². The van der Waals surface area contributed by atoms with Crippen LogP contribution in [0.1, 0.15) is 13.3 Å². The van der Waals surface area contributed by atoms with Crippen LogP contribution < -0.4 is 15.4 Å². The lowest BCUT2D eigenvalue weighted by molar-refractivity contribution is -0.385. The molecule has 0 aliphatic carbocycles. The van der Waals surface area contributed by atoms with Crippen LogP contribution in [0.5, 0.6) is 5.75 Å². The Labute approximate surface area is 116 Å². The molecule has 1 aliphatic rings. The Kier molecular flexibility index (Phi) is 4.08. The van der Waals surface area contributed by atoms with Gasteiger partial charge in [0.15, 0.2) is 11.6 Å². The molecule has 2 N–H and O–H groups in total. The van der Waals surface area contributed by atoms with Gasteiger partial charge in [0.2, 0.25) is 0 Å². The highest BCUT2D eigenvalue weighted by molar-refractivity contribution is 5.60. The van der Waals surface area contributed by atoms with Gasteiger partial charge in [-0.1, -0.05) is 6.92 Å². The molecule has 6 nitrogen and oxygen atoms in total. The molecule has 1 saturated heterocycles. The van der Waals surface area contributed by atoms with Gasteiger partial charge in [0.05, 0.1) is 23.8 Å². The van der Waals surface area contributed by atoms with E-state index in [1.165, 1.54) is 13.2 Å². The van der Waals surface area contributed by atoms with Crippen molar-refractivity contribution in [1.82, 2.24) is 0 Å². The first-order chi connectivity index (χ1) is 9.43. The van der Waals surface area contributed by atoms with Crippen LogP contribution in [0.15, 0.2) is 12.1 Å². The number of hydrogen-bond acceptors (Lipinski definition) is 5. The normalized spacial score (nSPS) is 22.7. The zero-order valence-electron chi connectivity index (χ0n) is 11.5. The Balaban J connectivity index is 2.35. The molecule has 1 heterocycles. The number of ether oxygens (including phenoxy) is 1. The molecule has 7 heteroatoms. The van der Waals surface area contributed by atoms with Crippen molar-refractivity contribution in [2.45, 2.75) is 19.4 Å². The highest BCUT2D eigenvalue weighted by Crippen LogP contribution is 2.35. The standard InChI is InChI=1S/C13H18FN3O3/c1-8-7-16(4-3-10(8)15)11-6-13(20-2)12(17(18)19)5-9(11)14/h5-6,8,10H,3-4,7,15H2,1-2H3. The molecule has 0 saturated carbocycles. The van der Waals surface area contributed by atoms with Gasteiger partial charge in [0.25, 0.3) is 0 Å². The summed E-state index contributed by atoms with van der Waals surface area (Å²) in [4.78, 5) is 12.0. The zero-order chi connectivity index (χ0) is 14.9. The van der Waals surface area contributed by atoms with Gasteiger partial charge in [-0.3, -0.25) is 10.1 Å². The van der Waals surface area contributed by atoms with E-state index in [0.29, 0.717) is 18.8 Å². The van der Waals surface area contributed by atoms with Crippen LogP contribution in [0, 0.1) is 21.8 Å². The summed E-state index contributed by atoms with van der Waals surface area (Å²) in [6.07, 6.45) is 0.764. The molecule has 1 aliphatic heterocycles. The number of anilines is 1. The Bertz CT molecular complexity index is 524. The Hall–Kier alpha value is -1.89. The third kappa shape index (κ3) is 2.67. The van der Waals surface area contributed by atoms with Gasteiger partial charge in [0.1, 0.15) is 0 Å². The van der Waals surface area contributed by atoms with E-state index in [0.717, 1.165) is 12.5 Å². The van der Waals surface area contributed by atoms with Crippen molar-refractivity contribution < 1.29 is 14.1 Å². The molecular formula is C13H18FN3O3. The van der Waals surface area contributed by atoms with E-state index in [9.17, 15) is 14.5 Å². The molecule has 0 radical (unpaired) electrons. The van der Waals surface area contributed by atoms with Gasteiger partial charge in [0, 0.05) is 25.2 Å². The third-order valence-corrected chi connectivity index (χ3v) is 3.76. The summed E-state index contributed by atoms with van der Waals surface area (Å²) in [7, 11) is 1.33. The van der Waals surface area contributed by atoms with Gasteiger partial charge >= 0.3 is 5.69 Å². The topological polar surface area (TPSA) is 81.6 Å². The summed E-state index contributed by atoms with van der Waals surface area (Å²) >= 11 is 0. The molecule has 1 aromatic carbocycles. The highest BCUT2D eigenvalue weighted by atomic mass is 19.1. The summed E-state index contributed by atoms with van der Waals surface area (Å²) < 4.78 is 19.1. The number of nitro benzene ring substituents is 1. The fourth-order valence-corrected chi connectivity index (χ4v) is 2.46. The summed E-state index contributed by atoms with van der Waals surface area (Å²) in [5, 5.41) is 10.8. The van der Waals surface area contributed by atoms with E-state index in [1.54, 1.807) is 0 Å². The number of nitro groups is 1. The summed E-state index contributed by atoms with van der Waals surface area (Å²) in [5.41, 5.74) is 5.90. The fraction of sp³-hybridized carbons (Fsp3) is 0.538. The molecule has 2 unspecified atom stereocenters. The van der Waals surface area contributed by atoms with Crippen molar-refractivity contribution >= 4 is 11.4 Å². The van der Waals surface area contributed by atoms with Crippen molar-refractivity contribution in [3.8, 4) is 5.75 Å². The van der Waals surface area contributed by atoms with Crippen molar-refractivity contribution in [1.29, 1.82) is 0 Å². The largest absolute Gasteiger partial charge is 0.490 e. The molecule has 1 fully saturated rings. The maximum Gasteiger partial charge on any atom is 0.313 e. The van der Waals surface area contributed by atoms with Crippen LogP contribution in [0.2, 0.25) is 0 Å². The van der Waals surface area contributed by atoms with E-state index in [1.807, 2.05) is 11.8 Å². The third-order valence-electron chi connectivity index (χ3n) is 3.76. The zero-order valence-corrected chi connectivity index (χ0v) is 11.5. The molecule has 0 bridgehead atoms. The van der Waals surface area contributed by atoms with Crippen LogP contribution in [-0.4, -0.2) is 31.2 Å². The minimum absolute atomic E-state index is 0.0638. The van der Waals surface area contributed by atoms with Crippen molar-refractivity contribution in [3.05, 3.63) is 28.1 Å². The number of halogens is 1. The monoisotopic (exact) mass is 283 g/mol. The molecular weight excluding hydrogens is 265 g/mol. The molecule has 0 spiro atoms. The minimum Gasteiger partial charge on any atom is -0.490 e.